The first-order valence-electron chi connectivity index (χ1n) is 5.79. The SMILES string of the molecule is COC(=O)C(C)(NC1CC1)c1ccc(F)c(Cl)c1. The number of carbonyl (C=O) groups is 1. The van der Waals surface area contributed by atoms with Gasteiger partial charge in [-0.3, -0.25) is 5.32 Å². The number of hydrogen-bond acceptors (Lipinski definition) is 3. The van der Waals surface area contributed by atoms with Crippen LogP contribution in [0, 0.1) is 5.82 Å². The van der Waals surface area contributed by atoms with Crippen molar-refractivity contribution in [1.29, 1.82) is 0 Å². The Kier molecular flexibility index (Phi) is 3.59. The van der Waals surface area contributed by atoms with Gasteiger partial charge in [0.05, 0.1) is 12.1 Å². The van der Waals surface area contributed by atoms with Gasteiger partial charge in [-0.1, -0.05) is 17.7 Å². The molecule has 0 bridgehead atoms. The molecule has 0 aliphatic heterocycles. The molecule has 5 heteroatoms. The zero-order valence-corrected chi connectivity index (χ0v) is 11.1. The van der Waals surface area contributed by atoms with Crippen LogP contribution in [-0.4, -0.2) is 19.1 Å². The maximum absolute atomic E-state index is 13.2. The fourth-order valence-electron chi connectivity index (χ4n) is 1.91. The largest absolute Gasteiger partial charge is 0.467 e. The van der Waals surface area contributed by atoms with E-state index >= 15 is 0 Å². The third kappa shape index (κ3) is 2.49. The molecule has 0 aromatic heterocycles. The summed E-state index contributed by atoms with van der Waals surface area (Å²) in [5, 5.41) is 3.23. The van der Waals surface area contributed by atoms with Gasteiger partial charge in [0.15, 0.2) is 0 Å². The van der Waals surface area contributed by atoms with Crippen molar-refractivity contribution in [2.24, 2.45) is 0 Å². The van der Waals surface area contributed by atoms with E-state index in [1.54, 1.807) is 13.0 Å². The molecule has 3 nitrogen and oxygen atoms in total. The number of halogens is 2. The van der Waals surface area contributed by atoms with Crippen LogP contribution in [0.1, 0.15) is 25.3 Å². The third-order valence-electron chi connectivity index (χ3n) is 3.16. The summed E-state index contributed by atoms with van der Waals surface area (Å²) in [4.78, 5) is 12.0. The number of carbonyl (C=O) groups excluding carboxylic acids is 1. The molecule has 1 fully saturated rings. The Hall–Kier alpha value is -1.13. The summed E-state index contributed by atoms with van der Waals surface area (Å²) >= 11 is 5.77. The first-order chi connectivity index (χ1) is 8.47. The second-order valence-electron chi connectivity index (χ2n) is 4.66. The first-order valence-corrected chi connectivity index (χ1v) is 6.17. The van der Waals surface area contributed by atoms with Crippen LogP contribution in [0.15, 0.2) is 18.2 Å². The first kappa shape index (κ1) is 13.3. The maximum atomic E-state index is 13.2. The average molecular weight is 272 g/mol. The van der Waals surface area contributed by atoms with Crippen molar-refractivity contribution >= 4 is 17.6 Å². The molecule has 1 aliphatic rings. The second kappa shape index (κ2) is 4.86. The minimum atomic E-state index is -0.993. The third-order valence-corrected chi connectivity index (χ3v) is 3.45. The van der Waals surface area contributed by atoms with Gasteiger partial charge in [0, 0.05) is 6.04 Å². The van der Waals surface area contributed by atoms with Crippen LogP contribution in [0.2, 0.25) is 5.02 Å². The zero-order chi connectivity index (χ0) is 13.3. The van der Waals surface area contributed by atoms with E-state index in [2.05, 4.69) is 5.32 Å². The van der Waals surface area contributed by atoms with Crippen molar-refractivity contribution in [3.05, 3.63) is 34.6 Å². The smallest absolute Gasteiger partial charge is 0.330 e. The average Bonchev–Trinajstić information content (AvgIpc) is 3.15. The topological polar surface area (TPSA) is 38.3 Å². The lowest BCUT2D eigenvalue weighted by molar-refractivity contribution is -0.148. The number of benzene rings is 1. The molecule has 1 aromatic rings. The second-order valence-corrected chi connectivity index (χ2v) is 5.07. The minimum absolute atomic E-state index is 0.000208. The summed E-state index contributed by atoms with van der Waals surface area (Å²) in [5.74, 6) is -0.906. The molecular weight excluding hydrogens is 257 g/mol. The molecule has 0 amide bonds. The predicted molar refractivity (Wildman–Crippen MR) is 66.9 cm³/mol. The molecule has 98 valence electrons. The summed E-state index contributed by atoms with van der Waals surface area (Å²) in [6.07, 6.45) is 2.06. The number of ether oxygens (including phenoxy) is 1. The lowest BCUT2D eigenvalue weighted by atomic mass is 9.91. The number of nitrogens with one attached hydrogen (secondary N) is 1. The quantitative estimate of drug-likeness (QED) is 0.856. The molecule has 0 heterocycles. The summed E-state index contributed by atoms with van der Waals surface area (Å²) in [6, 6.07) is 4.57. The van der Waals surface area contributed by atoms with Crippen LogP contribution < -0.4 is 5.32 Å². The highest BCUT2D eigenvalue weighted by atomic mass is 35.5. The highest BCUT2D eigenvalue weighted by Gasteiger charge is 2.41. The Balaban J connectivity index is 2.37. The van der Waals surface area contributed by atoms with E-state index in [1.165, 1.54) is 19.2 Å². The molecule has 18 heavy (non-hydrogen) atoms. The fourth-order valence-corrected chi connectivity index (χ4v) is 2.09. The van der Waals surface area contributed by atoms with Crippen molar-refractivity contribution in [2.45, 2.75) is 31.3 Å². The predicted octanol–water partition coefficient (Wildman–Crippen LogP) is 2.62. The van der Waals surface area contributed by atoms with Crippen LogP contribution in [0.3, 0.4) is 0 Å². The van der Waals surface area contributed by atoms with Crippen molar-refractivity contribution < 1.29 is 13.9 Å². The fraction of sp³-hybridized carbons (Fsp3) is 0.462. The van der Waals surface area contributed by atoms with E-state index in [1.807, 2.05) is 0 Å². The Morgan fingerprint density at radius 2 is 2.22 bits per heavy atom. The summed E-state index contributed by atoms with van der Waals surface area (Å²) in [5.41, 5.74) is -0.388. The van der Waals surface area contributed by atoms with Gasteiger partial charge in [0.1, 0.15) is 11.4 Å². The Morgan fingerprint density at radius 3 is 2.72 bits per heavy atom. The summed E-state index contributed by atoms with van der Waals surface area (Å²) in [6.45, 7) is 1.72. The Bertz CT molecular complexity index is 476. The molecule has 1 N–H and O–H groups in total. The van der Waals surface area contributed by atoms with Gasteiger partial charge in [-0.05, 0) is 37.5 Å². The lowest BCUT2D eigenvalue weighted by Gasteiger charge is -2.28. The molecule has 1 saturated carbocycles. The van der Waals surface area contributed by atoms with Crippen molar-refractivity contribution in [3.8, 4) is 0 Å². The van der Waals surface area contributed by atoms with E-state index in [0.29, 0.717) is 11.6 Å². The van der Waals surface area contributed by atoms with Gasteiger partial charge in [-0.15, -0.1) is 0 Å². The molecule has 1 unspecified atom stereocenters. The summed E-state index contributed by atoms with van der Waals surface area (Å²) < 4.78 is 18.0. The van der Waals surface area contributed by atoms with Gasteiger partial charge in [0.25, 0.3) is 0 Å². The van der Waals surface area contributed by atoms with E-state index in [-0.39, 0.29) is 5.02 Å². The monoisotopic (exact) mass is 271 g/mol. The Morgan fingerprint density at radius 1 is 1.56 bits per heavy atom. The molecule has 0 saturated heterocycles. The highest BCUT2D eigenvalue weighted by Crippen LogP contribution is 2.31. The van der Waals surface area contributed by atoms with E-state index in [4.69, 9.17) is 16.3 Å². The number of hydrogen-bond donors (Lipinski definition) is 1. The van der Waals surface area contributed by atoms with Gasteiger partial charge in [-0.25, -0.2) is 9.18 Å². The molecule has 0 spiro atoms. The van der Waals surface area contributed by atoms with Crippen molar-refractivity contribution in [2.75, 3.05) is 7.11 Å². The normalized spacial score (nSPS) is 18.2. The molecule has 1 aliphatic carbocycles. The van der Waals surface area contributed by atoms with Crippen LogP contribution in [0.5, 0.6) is 0 Å². The van der Waals surface area contributed by atoms with Crippen LogP contribution in [-0.2, 0) is 15.1 Å². The number of methoxy groups -OCH3 is 1. The van der Waals surface area contributed by atoms with Crippen LogP contribution in [0.25, 0.3) is 0 Å². The number of esters is 1. The van der Waals surface area contributed by atoms with E-state index in [0.717, 1.165) is 12.8 Å². The zero-order valence-electron chi connectivity index (χ0n) is 10.3. The highest BCUT2D eigenvalue weighted by molar-refractivity contribution is 6.30. The minimum Gasteiger partial charge on any atom is -0.467 e. The molecule has 0 radical (unpaired) electrons. The van der Waals surface area contributed by atoms with E-state index < -0.39 is 17.3 Å². The van der Waals surface area contributed by atoms with E-state index in [9.17, 15) is 9.18 Å². The van der Waals surface area contributed by atoms with Crippen molar-refractivity contribution in [3.63, 3.8) is 0 Å². The Labute approximate surface area is 110 Å². The van der Waals surface area contributed by atoms with Gasteiger partial charge < -0.3 is 4.74 Å². The van der Waals surface area contributed by atoms with Gasteiger partial charge in [-0.2, -0.15) is 0 Å². The molecule has 1 aromatic carbocycles. The summed E-state index contributed by atoms with van der Waals surface area (Å²) in [7, 11) is 1.33. The van der Waals surface area contributed by atoms with Crippen molar-refractivity contribution in [1.82, 2.24) is 5.32 Å². The maximum Gasteiger partial charge on any atom is 0.330 e. The lowest BCUT2D eigenvalue weighted by Crippen LogP contribution is -2.48. The van der Waals surface area contributed by atoms with Gasteiger partial charge in [0.2, 0.25) is 0 Å². The molecule has 2 rings (SSSR count). The van der Waals surface area contributed by atoms with Crippen LogP contribution in [0.4, 0.5) is 4.39 Å². The molecule has 1 atom stereocenters. The number of rotatable bonds is 4. The standard InChI is InChI=1S/C13H15ClFNO2/c1-13(12(17)18-2,16-9-4-5-9)8-3-6-11(15)10(14)7-8/h3,6-7,9,16H,4-5H2,1-2H3. The molecular formula is C13H15ClFNO2. The van der Waals surface area contributed by atoms with Gasteiger partial charge >= 0.3 is 5.97 Å². The van der Waals surface area contributed by atoms with Crippen LogP contribution >= 0.6 is 11.6 Å².